The Balaban J connectivity index is 1.69. The topological polar surface area (TPSA) is 66.9 Å². The largest absolute Gasteiger partial charge is 0.464 e. The second-order valence-corrected chi connectivity index (χ2v) is 9.28. The van der Waals surface area contributed by atoms with E-state index in [0.717, 1.165) is 30.3 Å². The Morgan fingerprint density at radius 2 is 1.70 bits per heavy atom. The van der Waals surface area contributed by atoms with Crippen molar-refractivity contribution in [2.45, 2.75) is 59.3 Å². The highest BCUT2D eigenvalue weighted by Crippen LogP contribution is 2.35. The summed E-state index contributed by atoms with van der Waals surface area (Å²) in [7, 11) is 1.93. The quantitative estimate of drug-likeness (QED) is 0.244. The van der Waals surface area contributed by atoms with Crippen molar-refractivity contribution >= 4 is 34.2 Å². The van der Waals surface area contributed by atoms with Crippen LogP contribution in [0, 0.1) is 5.92 Å². The molecule has 6 heteroatoms. The molecule has 6 nitrogen and oxygen atoms in total. The van der Waals surface area contributed by atoms with E-state index >= 15 is 0 Å². The summed E-state index contributed by atoms with van der Waals surface area (Å²) >= 11 is 0. The zero-order valence-electron chi connectivity index (χ0n) is 20.4. The molecule has 0 aromatic heterocycles. The van der Waals surface area contributed by atoms with Gasteiger partial charge in [0.15, 0.2) is 0 Å². The molecule has 0 N–H and O–H groups in total. The van der Waals surface area contributed by atoms with Crippen molar-refractivity contribution < 1.29 is 19.1 Å². The highest BCUT2D eigenvalue weighted by molar-refractivity contribution is 6.26. The van der Waals surface area contributed by atoms with Gasteiger partial charge in [0.1, 0.15) is 6.61 Å². The van der Waals surface area contributed by atoms with E-state index in [2.05, 4.69) is 6.92 Å². The number of esters is 1. The van der Waals surface area contributed by atoms with Crippen molar-refractivity contribution in [3.05, 3.63) is 41.5 Å². The first-order valence-electron chi connectivity index (χ1n) is 12.1. The van der Waals surface area contributed by atoms with Gasteiger partial charge in [0, 0.05) is 47.6 Å². The van der Waals surface area contributed by atoms with Crippen molar-refractivity contribution in [2.24, 2.45) is 5.92 Å². The van der Waals surface area contributed by atoms with Crippen LogP contribution in [0.1, 0.15) is 80.0 Å². The highest BCUT2D eigenvalue weighted by atomic mass is 16.5. The number of rotatable bonds is 12. The predicted octanol–water partition coefficient (Wildman–Crippen LogP) is 5.43. The van der Waals surface area contributed by atoms with E-state index in [1.165, 1.54) is 17.7 Å². The molecule has 2 amide bonds. The summed E-state index contributed by atoms with van der Waals surface area (Å²) in [6, 6.07) is 9.31. The van der Waals surface area contributed by atoms with E-state index in [-0.39, 0.29) is 23.7 Å². The average molecular weight is 453 g/mol. The number of benzene rings is 2. The van der Waals surface area contributed by atoms with Crippen LogP contribution in [0.2, 0.25) is 0 Å². The van der Waals surface area contributed by atoms with Gasteiger partial charge in [0.2, 0.25) is 0 Å². The molecule has 178 valence electrons. The Kier molecular flexibility index (Phi) is 8.48. The molecular weight excluding hydrogens is 416 g/mol. The molecule has 0 spiro atoms. The molecule has 1 heterocycles. The molecule has 3 rings (SSSR count). The van der Waals surface area contributed by atoms with Gasteiger partial charge in [-0.2, -0.15) is 0 Å². The summed E-state index contributed by atoms with van der Waals surface area (Å²) in [6.45, 7) is 7.39. The fraction of sp³-hybridized carbons (Fsp3) is 0.519. The molecule has 0 atom stereocenters. The van der Waals surface area contributed by atoms with Crippen molar-refractivity contribution in [2.75, 3.05) is 31.6 Å². The lowest BCUT2D eigenvalue weighted by Gasteiger charge is -2.30. The molecule has 0 aliphatic carbocycles. The molecule has 0 saturated heterocycles. The van der Waals surface area contributed by atoms with Gasteiger partial charge in [-0.25, -0.2) is 0 Å². The number of unbranched alkanes of at least 4 members (excludes halogenated alkanes) is 4. The first-order chi connectivity index (χ1) is 15.8. The van der Waals surface area contributed by atoms with Crippen LogP contribution in [0.5, 0.6) is 0 Å². The molecule has 2 aromatic carbocycles. The van der Waals surface area contributed by atoms with Gasteiger partial charge in [-0.1, -0.05) is 58.6 Å². The number of carbonyl (C=O) groups excluding carboxylic acids is 3. The second-order valence-electron chi connectivity index (χ2n) is 9.28. The third-order valence-corrected chi connectivity index (χ3v) is 6.10. The molecule has 0 saturated carbocycles. The maximum absolute atomic E-state index is 13.1. The molecule has 0 unspecified atom stereocenters. The minimum Gasteiger partial charge on any atom is -0.464 e. The number of hydrogen-bond donors (Lipinski definition) is 0. The molecule has 0 fully saturated rings. The van der Waals surface area contributed by atoms with Crippen LogP contribution < -0.4 is 4.90 Å². The number of imide groups is 1. The normalized spacial score (nSPS) is 13.2. The maximum atomic E-state index is 13.1. The highest BCUT2D eigenvalue weighted by Gasteiger charge is 2.33. The number of likely N-dealkylation sites (N-methyl/N-ethyl adjacent to an activating group) is 1. The number of hydrogen-bond acceptors (Lipinski definition) is 5. The lowest BCUT2D eigenvalue weighted by Crippen LogP contribution is -2.42. The lowest BCUT2D eigenvalue weighted by atomic mass is 9.92. The smallest absolute Gasteiger partial charge is 0.305 e. The molecule has 33 heavy (non-hydrogen) atoms. The standard InChI is InChI=1S/C27H36N2O4/c1-5-6-7-8-9-13-24(30)33-17-16-28(4)23-15-14-22-25-20(23)11-10-12-21(25)26(31)29(27(22)32)18-19(2)3/h10-12,14-15,19H,5-9,13,16-18H2,1-4H3. The zero-order chi connectivity index (χ0) is 24.0. The van der Waals surface area contributed by atoms with Crippen molar-refractivity contribution in [1.29, 1.82) is 0 Å². The van der Waals surface area contributed by atoms with Gasteiger partial charge in [-0.3, -0.25) is 19.3 Å². The average Bonchev–Trinajstić information content (AvgIpc) is 2.79. The monoisotopic (exact) mass is 452 g/mol. The molecule has 1 aliphatic heterocycles. The van der Waals surface area contributed by atoms with Crippen LogP contribution in [0.4, 0.5) is 5.69 Å². The third-order valence-electron chi connectivity index (χ3n) is 6.10. The summed E-state index contributed by atoms with van der Waals surface area (Å²) in [4.78, 5) is 41.5. The minimum atomic E-state index is -0.237. The van der Waals surface area contributed by atoms with E-state index in [9.17, 15) is 14.4 Å². The number of amides is 2. The van der Waals surface area contributed by atoms with E-state index in [0.29, 0.717) is 42.6 Å². The SMILES string of the molecule is CCCCCCCC(=O)OCCN(C)c1ccc2c3c(cccc13)C(=O)N(CC(C)C)C2=O. The van der Waals surface area contributed by atoms with Crippen LogP contribution >= 0.6 is 0 Å². The molecule has 0 bridgehead atoms. The molecular formula is C27H36N2O4. The molecule has 0 radical (unpaired) electrons. The minimum absolute atomic E-state index is 0.154. The summed E-state index contributed by atoms with van der Waals surface area (Å²) in [5.74, 6) is -0.430. The number of carbonyl (C=O) groups is 3. The number of nitrogens with zero attached hydrogens (tertiary/aromatic N) is 2. The van der Waals surface area contributed by atoms with E-state index < -0.39 is 0 Å². The van der Waals surface area contributed by atoms with Gasteiger partial charge >= 0.3 is 5.97 Å². The summed E-state index contributed by atoms with van der Waals surface area (Å²) in [5, 5.41) is 1.57. The van der Waals surface area contributed by atoms with Crippen LogP contribution in [0.15, 0.2) is 30.3 Å². The Bertz CT molecular complexity index is 992. The van der Waals surface area contributed by atoms with Crippen molar-refractivity contribution in [1.82, 2.24) is 4.90 Å². The summed E-state index contributed by atoms with van der Waals surface area (Å²) in [5.41, 5.74) is 2.03. The van der Waals surface area contributed by atoms with E-state index in [1.54, 1.807) is 6.07 Å². The lowest BCUT2D eigenvalue weighted by molar-refractivity contribution is -0.143. The van der Waals surface area contributed by atoms with Gasteiger partial charge < -0.3 is 9.64 Å². The summed E-state index contributed by atoms with van der Waals surface area (Å²) in [6.07, 6.45) is 5.96. The second kappa shape index (κ2) is 11.3. The van der Waals surface area contributed by atoms with Crippen LogP contribution in [-0.2, 0) is 9.53 Å². The Morgan fingerprint density at radius 1 is 1.00 bits per heavy atom. The van der Waals surface area contributed by atoms with Crippen molar-refractivity contribution in [3.63, 3.8) is 0 Å². The molecule has 1 aliphatic rings. The third kappa shape index (κ3) is 5.73. The fourth-order valence-electron chi connectivity index (χ4n) is 4.36. The fourth-order valence-corrected chi connectivity index (χ4v) is 4.36. The van der Waals surface area contributed by atoms with E-state index in [1.807, 2.05) is 50.1 Å². The first kappa shape index (κ1) is 24.7. The Hall–Kier alpha value is -2.89. The van der Waals surface area contributed by atoms with Crippen molar-refractivity contribution in [3.8, 4) is 0 Å². The predicted molar refractivity (Wildman–Crippen MR) is 132 cm³/mol. The van der Waals surface area contributed by atoms with Gasteiger partial charge in [-0.15, -0.1) is 0 Å². The molecule has 2 aromatic rings. The van der Waals surface area contributed by atoms with Gasteiger partial charge in [-0.05, 0) is 30.5 Å². The first-order valence-corrected chi connectivity index (χ1v) is 12.1. The number of ether oxygens (including phenoxy) is 1. The summed E-state index contributed by atoms with van der Waals surface area (Å²) < 4.78 is 5.42. The van der Waals surface area contributed by atoms with Gasteiger partial charge in [0.05, 0.1) is 6.54 Å². The zero-order valence-corrected chi connectivity index (χ0v) is 20.4. The Labute approximate surface area is 196 Å². The Morgan fingerprint density at radius 3 is 2.39 bits per heavy atom. The number of anilines is 1. The van der Waals surface area contributed by atoms with Crippen LogP contribution in [-0.4, -0.2) is 49.4 Å². The van der Waals surface area contributed by atoms with E-state index in [4.69, 9.17) is 4.74 Å². The van der Waals surface area contributed by atoms with Crippen LogP contribution in [0.3, 0.4) is 0 Å². The maximum Gasteiger partial charge on any atom is 0.305 e. The van der Waals surface area contributed by atoms with Crippen LogP contribution in [0.25, 0.3) is 10.8 Å². The van der Waals surface area contributed by atoms with Gasteiger partial charge in [0.25, 0.3) is 11.8 Å².